The fourth-order valence-electron chi connectivity index (χ4n) is 2.55. The van der Waals surface area contributed by atoms with E-state index >= 15 is 0 Å². The normalized spacial score (nSPS) is 10.8. The third-order valence-electron chi connectivity index (χ3n) is 3.91. The third kappa shape index (κ3) is 3.94. The van der Waals surface area contributed by atoms with Crippen LogP contribution in [-0.2, 0) is 17.9 Å². The lowest BCUT2D eigenvalue weighted by Crippen LogP contribution is -2.26. The topological polar surface area (TPSA) is 64.0 Å². The molecule has 0 fully saturated rings. The molecule has 0 aliphatic rings. The van der Waals surface area contributed by atoms with Gasteiger partial charge in [-0.3, -0.25) is 14.2 Å². The van der Waals surface area contributed by atoms with Crippen LogP contribution in [0.15, 0.2) is 58.5 Å². The van der Waals surface area contributed by atoms with Gasteiger partial charge in [0.2, 0.25) is 5.91 Å². The van der Waals surface area contributed by atoms with Gasteiger partial charge in [0.05, 0.1) is 16.7 Å². The van der Waals surface area contributed by atoms with Crippen molar-refractivity contribution in [3.63, 3.8) is 0 Å². The summed E-state index contributed by atoms with van der Waals surface area (Å²) >= 11 is 1.19. The van der Waals surface area contributed by atoms with E-state index in [1.807, 2.05) is 13.0 Å². The molecule has 0 aliphatic carbocycles. The van der Waals surface area contributed by atoms with Crippen molar-refractivity contribution in [3.8, 4) is 0 Å². The molecule has 3 rings (SSSR count). The van der Waals surface area contributed by atoms with Crippen LogP contribution in [0.4, 0.5) is 4.39 Å². The summed E-state index contributed by atoms with van der Waals surface area (Å²) in [5.74, 6) is -0.501. The van der Waals surface area contributed by atoms with Crippen LogP contribution in [0.3, 0.4) is 0 Å². The Morgan fingerprint density at radius 1 is 1.19 bits per heavy atom. The molecule has 0 bridgehead atoms. The number of benzene rings is 2. The van der Waals surface area contributed by atoms with Crippen molar-refractivity contribution >= 4 is 28.6 Å². The van der Waals surface area contributed by atoms with Crippen LogP contribution in [-0.4, -0.2) is 21.2 Å². The lowest BCUT2D eigenvalue weighted by molar-refractivity contribution is -0.118. The molecule has 1 heterocycles. The van der Waals surface area contributed by atoms with E-state index in [1.165, 1.54) is 17.8 Å². The Bertz CT molecular complexity index is 1000. The summed E-state index contributed by atoms with van der Waals surface area (Å²) in [6.45, 7) is 2.45. The fourth-order valence-corrected chi connectivity index (χ4v) is 3.45. The van der Waals surface area contributed by atoms with Gasteiger partial charge in [-0.25, -0.2) is 9.37 Å². The van der Waals surface area contributed by atoms with E-state index in [0.717, 1.165) is 0 Å². The molecule has 1 aromatic heterocycles. The lowest BCUT2D eigenvalue weighted by Gasteiger charge is -2.11. The summed E-state index contributed by atoms with van der Waals surface area (Å²) in [4.78, 5) is 29.1. The van der Waals surface area contributed by atoms with Crippen LogP contribution in [0.1, 0.15) is 12.5 Å². The molecule has 0 atom stereocenters. The van der Waals surface area contributed by atoms with E-state index in [1.54, 1.807) is 41.0 Å². The number of carbonyl (C=O) groups is 1. The van der Waals surface area contributed by atoms with Crippen molar-refractivity contribution < 1.29 is 9.18 Å². The quantitative estimate of drug-likeness (QED) is 0.534. The second-order valence-corrected chi connectivity index (χ2v) is 6.56. The second kappa shape index (κ2) is 8.14. The van der Waals surface area contributed by atoms with Gasteiger partial charge in [-0.15, -0.1) is 0 Å². The summed E-state index contributed by atoms with van der Waals surface area (Å²) in [5.41, 5.74) is 0.920. The summed E-state index contributed by atoms with van der Waals surface area (Å²) in [7, 11) is 0. The number of para-hydroxylation sites is 1. The summed E-state index contributed by atoms with van der Waals surface area (Å²) in [5, 5.41) is 3.74. The molecule has 7 heteroatoms. The average molecular weight is 371 g/mol. The molecule has 1 amide bonds. The Labute approximate surface area is 154 Å². The minimum Gasteiger partial charge on any atom is -0.351 e. The van der Waals surface area contributed by atoms with Gasteiger partial charge < -0.3 is 5.32 Å². The molecule has 0 aliphatic heterocycles. The highest BCUT2D eigenvalue weighted by atomic mass is 32.2. The summed E-state index contributed by atoms with van der Waals surface area (Å²) in [6, 6.07) is 13.4. The van der Waals surface area contributed by atoms with Crippen molar-refractivity contribution in [2.24, 2.45) is 0 Å². The summed E-state index contributed by atoms with van der Waals surface area (Å²) < 4.78 is 15.1. The van der Waals surface area contributed by atoms with E-state index in [-0.39, 0.29) is 29.6 Å². The molecule has 0 radical (unpaired) electrons. The Kier molecular flexibility index (Phi) is 5.68. The smallest absolute Gasteiger partial charge is 0.262 e. The first kappa shape index (κ1) is 18.1. The molecule has 0 unspecified atom stereocenters. The number of hydrogen-bond acceptors (Lipinski definition) is 4. The predicted molar refractivity (Wildman–Crippen MR) is 101 cm³/mol. The lowest BCUT2D eigenvalue weighted by atomic mass is 10.2. The number of carbonyl (C=O) groups excluding carboxylic acids is 1. The molecule has 0 spiro atoms. The van der Waals surface area contributed by atoms with Crippen LogP contribution in [0, 0.1) is 5.82 Å². The monoisotopic (exact) mass is 371 g/mol. The van der Waals surface area contributed by atoms with Gasteiger partial charge in [0.1, 0.15) is 5.82 Å². The van der Waals surface area contributed by atoms with Gasteiger partial charge >= 0.3 is 0 Å². The van der Waals surface area contributed by atoms with Crippen LogP contribution in [0.25, 0.3) is 10.9 Å². The molecular weight excluding hydrogens is 353 g/mol. The zero-order valence-corrected chi connectivity index (χ0v) is 15.1. The van der Waals surface area contributed by atoms with Crippen LogP contribution in [0.2, 0.25) is 0 Å². The average Bonchev–Trinajstić information content (AvgIpc) is 2.66. The van der Waals surface area contributed by atoms with Crippen LogP contribution in [0.5, 0.6) is 0 Å². The molecule has 134 valence electrons. The zero-order chi connectivity index (χ0) is 18.5. The first-order valence-corrected chi connectivity index (χ1v) is 9.21. The van der Waals surface area contributed by atoms with E-state index < -0.39 is 0 Å². The van der Waals surface area contributed by atoms with E-state index in [9.17, 15) is 14.0 Å². The van der Waals surface area contributed by atoms with Gasteiger partial charge in [0.15, 0.2) is 5.16 Å². The van der Waals surface area contributed by atoms with Gasteiger partial charge in [-0.05, 0) is 25.1 Å². The maximum Gasteiger partial charge on any atom is 0.262 e. The first-order valence-electron chi connectivity index (χ1n) is 8.22. The Hall–Kier alpha value is -2.67. The van der Waals surface area contributed by atoms with Crippen molar-refractivity contribution in [2.75, 3.05) is 5.75 Å². The van der Waals surface area contributed by atoms with Crippen LogP contribution >= 0.6 is 11.8 Å². The van der Waals surface area contributed by atoms with Crippen molar-refractivity contribution in [3.05, 3.63) is 70.3 Å². The fraction of sp³-hybridized carbons (Fsp3) is 0.211. The zero-order valence-electron chi connectivity index (χ0n) is 14.2. The van der Waals surface area contributed by atoms with E-state index in [2.05, 4.69) is 10.3 Å². The molecule has 1 N–H and O–H groups in total. The number of nitrogens with one attached hydrogen (secondary N) is 1. The molecule has 5 nitrogen and oxygen atoms in total. The van der Waals surface area contributed by atoms with Crippen molar-refractivity contribution in [1.29, 1.82) is 0 Å². The number of aromatic nitrogens is 2. The molecular formula is C19H18FN3O2S. The highest BCUT2D eigenvalue weighted by Crippen LogP contribution is 2.17. The van der Waals surface area contributed by atoms with Gasteiger partial charge in [0, 0.05) is 18.7 Å². The second-order valence-electron chi connectivity index (χ2n) is 5.62. The Balaban J connectivity index is 1.70. The number of thioether (sulfide) groups is 1. The standard InChI is InChI=1S/C19H18FN3O2S/c1-2-23-18(25)14-8-4-6-10-16(14)22-19(23)26-12-17(24)21-11-13-7-3-5-9-15(13)20/h3-10H,2,11-12H2,1H3,(H,21,24). The molecule has 0 saturated heterocycles. The maximum atomic E-state index is 13.6. The van der Waals surface area contributed by atoms with Crippen LogP contribution < -0.4 is 10.9 Å². The SMILES string of the molecule is CCn1c(SCC(=O)NCc2ccccc2F)nc2ccccc2c1=O. The third-order valence-corrected chi connectivity index (χ3v) is 4.89. The molecule has 3 aromatic rings. The highest BCUT2D eigenvalue weighted by Gasteiger charge is 2.12. The van der Waals surface area contributed by atoms with Gasteiger partial charge in [-0.1, -0.05) is 42.1 Å². The Morgan fingerprint density at radius 2 is 1.92 bits per heavy atom. The molecule has 2 aromatic carbocycles. The van der Waals surface area contributed by atoms with Gasteiger partial charge in [-0.2, -0.15) is 0 Å². The van der Waals surface area contributed by atoms with Gasteiger partial charge in [0.25, 0.3) is 5.56 Å². The molecule has 26 heavy (non-hydrogen) atoms. The largest absolute Gasteiger partial charge is 0.351 e. The number of fused-ring (bicyclic) bond motifs is 1. The molecule has 0 saturated carbocycles. The van der Waals surface area contributed by atoms with Crippen molar-refractivity contribution in [2.45, 2.75) is 25.2 Å². The van der Waals surface area contributed by atoms with E-state index in [4.69, 9.17) is 0 Å². The van der Waals surface area contributed by atoms with Crippen molar-refractivity contribution in [1.82, 2.24) is 14.9 Å². The highest BCUT2D eigenvalue weighted by molar-refractivity contribution is 7.99. The number of hydrogen-bond donors (Lipinski definition) is 1. The number of amides is 1. The minimum absolute atomic E-state index is 0.0965. The minimum atomic E-state index is -0.350. The number of halogens is 1. The maximum absolute atomic E-state index is 13.6. The first-order chi connectivity index (χ1) is 12.6. The number of rotatable bonds is 6. The summed E-state index contributed by atoms with van der Waals surface area (Å²) in [6.07, 6.45) is 0. The van der Waals surface area contributed by atoms with E-state index in [0.29, 0.717) is 28.2 Å². The predicted octanol–water partition coefficient (Wildman–Crippen LogP) is 2.96. The number of nitrogens with zero attached hydrogens (tertiary/aromatic N) is 2. The Morgan fingerprint density at radius 3 is 2.69 bits per heavy atom.